The molecule has 1 aliphatic heterocycles. The van der Waals surface area contributed by atoms with Gasteiger partial charge in [0.15, 0.2) is 11.5 Å². The molecule has 2 unspecified atom stereocenters. The van der Waals surface area contributed by atoms with Gasteiger partial charge in [0.1, 0.15) is 12.7 Å². The number of para-hydroxylation sites is 2. The Balaban J connectivity index is 1.95. The number of ether oxygens (including phenoxy) is 2. The topological polar surface area (TPSA) is 30.5 Å². The Hall–Kier alpha value is -1.22. The van der Waals surface area contributed by atoms with Crippen LogP contribution in [0.3, 0.4) is 0 Å². The zero-order chi connectivity index (χ0) is 14.2. The van der Waals surface area contributed by atoms with Gasteiger partial charge >= 0.3 is 0 Å². The third-order valence-corrected chi connectivity index (χ3v) is 3.75. The maximum absolute atomic E-state index is 6.13. The zero-order valence-corrected chi connectivity index (χ0v) is 12.7. The molecule has 1 aromatic carbocycles. The Morgan fingerprint density at radius 2 is 1.95 bits per heavy atom. The van der Waals surface area contributed by atoms with Gasteiger partial charge in [0, 0.05) is 6.04 Å². The maximum atomic E-state index is 6.13. The van der Waals surface area contributed by atoms with E-state index in [0.717, 1.165) is 30.9 Å². The Morgan fingerprint density at radius 3 is 2.70 bits per heavy atom. The lowest BCUT2D eigenvalue weighted by atomic mass is 10.0. The van der Waals surface area contributed by atoms with Crippen molar-refractivity contribution in [3.05, 3.63) is 24.3 Å². The van der Waals surface area contributed by atoms with Gasteiger partial charge in [-0.3, -0.25) is 0 Å². The minimum atomic E-state index is 0.119. The molecule has 1 N–H and O–H groups in total. The first-order valence-electron chi connectivity index (χ1n) is 7.97. The first-order valence-corrected chi connectivity index (χ1v) is 7.97. The van der Waals surface area contributed by atoms with Gasteiger partial charge in [-0.2, -0.15) is 0 Å². The van der Waals surface area contributed by atoms with Gasteiger partial charge in [-0.05, 0) is 31.5 Å². The quantitative estimate of drug-likeness (QED) is 0.734. The lowest BCUT2D eigenvalue weighted by Crippen LogP contribution is -2.48. The highest BCUT2D eigenvalue weighted by Gasteiger charge is 2.27. The van der Waals surface area contributed by atoms with Crippen molar-refractivity contribution in [3.63, 3.8) is 0 Å². The van der Waals surface area contributed by atoms with Crippen molar-refractivity contribution in [1.29, 1.82) is 0 Å². The third kappa shape index (κ3) is 4.14. The fraction of sp³-hybridized carbons (Fsp3) is 0.647. The Bertz CT molecular complexity index is 394. The zero-order valence-electron chi connectivity index (χ0n) is 12.7. The normalized spacial score (nSPS) is 18.8. The van der Waals surface area contributed by atoms with Crippen LogP contribution >= 0.6 is 0 Å². The summed E-state index contributed by atoms with van der Waals surface area (Å²) in [6.45, 7) is 6.12. The van der Waals surface area contributed by atoms with Crippen LogP contribution in [0.5, 0.6) is 11.5 Å². The van der Waals surface area contributed by atoms with E-state index in [9.17, 15) is 0 Å². The Labute approximate surface area is 122 Å². The van der Waals surface area contributed by atoms with Crippen LogP contribution in [0.2, 0.25) is 0 Å². The number of fused-ring (bicyclic) bond motifs is 1. The molecule has 1 aliphatic rings. The summed E-state index contributed by atoms with van der Waals surface area (Å²) in [7, 11) is 0. The molecule has 0 spiro atoms. The number of nitrogens with one attached hydrogen (secondary N) is 1. The van der Waals surface area contributed by atoms with Crippen LogP contribution in [0.4, 0.5) is 0 Å². The van der Waals surface area contributed by atoms with Gasteiger partial charge in [-0.15, -0.1) is 0 Å². The molecule has 2 rings (SSSR count). The lowest BCUT2D eigenvalue weighted by Gasteiger charge is -2.33. The number of hydrogen-bond donors (Lipinski definition) is 1. The molecular weight excluding hydrogens is 250 g/mol. The molecule has 112 valence electrons. The van der Waals surface area contributed by atoms with Crippen molar-refractivity contribution in [2.75, 3.05) is 13.2 Å². The van der Waals surface area contributed by atoms with E-state index in [1.54, 1.807) is 0 Å². The highest BCUT2D eigenvalue weighted by molar-refractivity contribution is 5.40. The first-order chi connectivity index (χ1) is 9.85. The SMILES string of the molecule is CCCCCC(NCCC)C1COc2ccccc2O1. The van der Waals surface area contributed by atoms with Gasteiger partial charge < -0.3 is 14.8 Å². The second-order valence-electron chi connectivity index (χ2n) is 5.47. The van der Waals surface area contributed by atoms with Gasteiger partial charge in [0.05, 0.1) is 0 Å². The van der Waals surface area contributed by atoms with Crippen LogP contribution in [-0.2, 0) is 0 Å². The summed E-state index contributed by atoms with van der Waals surface area (Å²) >= 11 is 0. The molecule has 3 heteroatoms. The Kier molecular flexibility index (Phi) is 6.19. The third-order valence-electron chi connectivity index (χ3n) is 3.75. The molecule has 0 saturated carbocycles. The number of benzene rings is 1. The summed E-state index contributed by atoms with van der Waals surface area (Å²) < 4.78 is 12.0. The number of rotatable bonds is 8. The van der Waals surface area contributed by atoms with Crippen molar-refractivity contribution in [2.24, 2.45) is 0 Å². The molecule has 0 aliphatic carbocycles. The minimum Gasteiger partial charge on any atom is -0.486 e. The molecule has 0 radical (unpaired) electrons. The molecule has 0 fully saturated rings. The second kappa shape index (κ2) is 8.15. The molecular formula is C17H27NO2. The van der Waals surface area contributed by atoms with E-state index >= 15 is 0 Å². The Morgan fingerprint density at radius 1 is 1.15 bits per heavy atom. The monoisotopic (exact) mass is 277 g/mol. The molecule has 0 bridgehead atoms. The predicted molar refractivity (Wildman–Crippen MR) is 82.6 cm³/mol. The van der Waals surface area contributed by atoms with Gasteiger partial charge in [0.25, 0.3) is 0 Å². The fourth-order valence-corrected chi connectivity index (χ4v) is 2.60. The largest absolute Gasteiger partial charge is 0.486 e. The second-order valence-corrected chi connectivity index (χ2v) is 5.47. The van der Waals surface area contributed by atoms with E-state index < -0.39 is 0 Å². The van der Waals surface area contributed by atoms with E-state index in [1.165, 1.54) is 19.3 Å². The number of hydrogen-bond acceptors (Lipinski definition) is 3. The van der Waals surface area contributed by atoms with Crippen LogP contribution < -0.4 is 14.8 Å². The molecule has 0 aromatic heterocycles. The van der Waals surface area contributed by atoms with Crippen LogP contribution in [0.15, 0.2) is 24.3 Å². The molecule has 1 aromatic rings. The molecule has 0 amide bonds. The molecule has 0 saturated heterocycles. The van der Waals surface area contributed by atoms with E-state index in [2.05, 4.69) is 19.2 Å². The highest BCUT2D eigenvalue weighted by atomic mass is 16.6. The smallest absolute Gasteiger partial charge is 0.161 e. The maximum Gasteiger partial charge on any atom is 0.161 e. The van der Waals surface area contributed by atoms with E-state index in [4.69, 9.17) is 9.47 Å². The van der Waals surface area contributed by atoms with Crippen LogP contribution in [0, 0.1) is 0 Å². The summed E-state index contributed by atoms with van der Waals surface area (Å²) in [5.41, 5.74) is 0. The van der Waals surface area contributed by atoms with Crippen molar-refractivity contribution < 1.29 is 9.47 Å². The molecule has 20 heavy (non-hydrogen) atoms. The van der Waals surface area contributed by atoms with Crippen LogP contribution in [0.25, 0.3) is 0 Å². The summed E-state index contributed by atoms with van der Waals surface area (Å²) in [4.78, 5) is 0. The molecule has 3 nitrogen and oxygen atoms in total. The van der Waals surface area contributed by atoms with E-state index in [1.807, 2.05) is 24.3 Å². The van der Waals surface area contributed by atoms with Crippen LogP contribution in [0.1, 0.15) is 46.0 Å². The molecule has 2 atom stereocenters. The van der Waals surface area contributed by atoms with E-state index in [-0.39, 0.29) is 6.10 Å². The van der Waals surface area contributed by atoms with Gasteiger partial charge in [-0.25, -0.2) is 0 Å². The van der Waals surface area contributed by atoms with Gasteiger partial charge in [0.2, 0.25) is 0 Å². The standard InChI is InChI=1S/C17H27NO2/c1-3-5-6-9-14(18-12-4-2)17-13-19-15-10-7-8-11-16(15)20-17/h7-8,10-11,14,17-18H,3-6,9,12-13H2,1-2H3. The molecule has 1 heterocycles. The lowest BCUT2D eigenvalue weighted by molar-refractivity contribution is 0.0587. The fourth-order valence-electron chi connectivity index (χ4n) is 2.60. The minimum absolute atomic E-state index is 0.119. The summed E-state index contributed by atoms with van der Waals surface area (Å²) in [5.74, 6) is 1.74. The number of unbranched alkanes of at least 4 members (excludes halogenated alkanes) is 2. The van der Waals surface area contributed by atoms with Gasteiger partial charge in [-0.1, -0.05) is 45.2 Å². The summed E-state index contributed by atoms with van der Waals surface area (Å²) in [6, 6.07) is 8.32. The van der Waals surface area contributed by atoms with Crippen molar-refractivity contribution >= 4 is 0 Å². The van der Waals surface area contributed by atoms with Crippen molar-refractivity contribution in [1.82, 2.24) is 5.32 Å². The van der Waals surface area contributed by atoms with E-state index in [0.29, 0.717) is 12.6 Å². The highest BCUT2D eigenvalue weighted by Crippen LogP contribution is 2.32. The average molecular weight is 277 g/mol. The average Bonchev–Trinajstić information content (AvgIpc) is 2.50. The summed E-state index contributed by atoms with van der Waals surface area (Å²) in [6.07, 6.45) is 6.21. The van der Waals surface area contributed by atoms with Crippen molar-refractivity contribution in [2.45, 2.75) is 58.1 Å². The first kappa shape index (κ1) is 15.2. The van der Waals surface area contributed by atoms with Crippen molar-refractivity contribution in [3.8, 4) is 11.5 Å². The van der Waals surface area contributed by atoms with Crippen LogP contribution in [-0.4, -0.2) is 25.3 Å². The predicted octanol–water partition coefficient (Wildman–Crippen LogP) is 3.77. The summed E-state index contributed by atoms with van der Waals surface area (Å²) in [5, 5.41) is 3.62.